The van der Waals surface area contributed by atoms with E-state index in [2.05, 4.69) is 5.32 Å². The molecule has 0 saturated carbocycles. The highest BCUT2D eigenvalue weighted by molar-refractivity contribution is 6.31. The summed E-state index contributed by atoms with van der Waals surface area (Å²) in [4.78, 5) is 0. The van der Waals surface area contributed by atoms with Crippen LogP contribution < -0.4 is 5.32 Å². The van der Waals surface area contributed by atoms with Gasteiger partial charge in [-0.05, 0) is 60.8 Å². The number of rotatable bonds is 4. The van der Waals surface area contributed by atoms with Crippen LogP contribution in [0.5, 0.6) is 0 Å². The Labute approximate surface area is 124 Å². The predicted octanol–water partition coefficient (Wildman–Crippen LogP) is 4.79. The van der Waals surface area contributed by atoms with Crippen molar-refractivity contribution >= 4 is 11.6 Å². The van der Waals surface area contributed by atoms with Crippen LogP contribution in [-0.4, -0.2) is 6.54 Å². The number of hydrogen-bond donors (Lipinski definition) is 1. The lowest BCUT2D eigenvalue weighted by Crippen LogP contribution is -2.23. The van der Waals surface area contributed by atoms with Gasteiger partial charge in [0.2, 0.25) is 0 Å². The number of aryl methyl sites for hydroxylation is 1. The molecule has 0 aliphatic rings. The van der Waals surface area contributed by atoms with Crippen molar-refractivity contribution in [2.24, 2.45) is 0 Å². The molecule has 1 N–H and O–H groups in total. The highest BCUT2D eigenvalue weighted by atomic mass is 35.5. The molecule has 0 fully saturated rings. The van der Waals surface area contributed by atoms with Crippen molar-refractivity contribution in [3.63, 3.8) is 0 Å². The molecule has 0 amide bonds. The fraction of sp³-hybridized carbons (Fsp3) is 0.294. The molecule has 0 bridgehead atoms. The first kappa shape index (κ1) is 15.0. The van der Waals surface area contributed by atoms with Gasteiger partial charge in [0.25, 0.3) is 0 Å². The summed E-state index contributed by atoms with van der Waals surface area (Å²) in [5.41, 5.74) is 3.96. The lowest BCUT2D eigenvalue weighted by Gasteiger charge is -2.22. The maximum absolute atomic E-state index is 13.7. The molecule has 1 atom stereocenters. The lowest BCUT2D eigenvalue weighted by atomic mass is 9.94. The molecule has 2 rings (SSSR count). The van der Waals surface area contributed by atoms with E-state index in [4.69, 9.17) is 11.6 Å². The van der Waals surface area contributed by atoms with Gasteiger partial charge in [-0.3, -0.25) is 0 Å². The van der Waals surface area contributed by atoms with Crippen LogP contribution in [0.15, 0.2) is 36.4 Å². The fourth-order valence-electron chi connectivity index (χ4n) is 2.48. The molecule has 2 aromatic carbocycles. The van der Waals surface area contributed by atoms with Crippen LogP contribution in [0.1, 0.15) is 35.2 Å². The van der Waals surface area contributed by atoms with Gasteiger partial charge in [-0.2, -0.15) is 0 Å². The summed E-state index contributed by atoms with van der Waals surface area (Å²) in [5.74, 6) is -0.206. The van der Waals surface area contributed by atoms with Crippen LogP contribution in [0.3, 0.4) is 0 Å². The van der Waals surface area contributed by atoms with Crippen molar-refractivity contribution in [1.29, 1.82) is 0 Å². The molecule has 106 valence electrons. The summed E-state index contributed by atoms with van der Waals surface area (Å²) < 4.78 is 13.7. The molecule has 0 aromatic heterocycles. The van der Waals surface area contributed by atoms with E-state index in [0.29, 0.717) is 0 Å². The number of halogens is 2. The molecule has 0 spiro atoms. The molecule has 0 radical (unpaired) electrons. The second-order valence-electron chi connectivity index (χ2n) is 5.01. The van der Waals surface area contributed by atoms with Gasteiger partial charge >= 0.3 is 0 Å². The molecule has 0 heterocycles. The van der Waals surface area contributed by atoms with Gasteiger partial charge in [0.05, 0.1) is 6.04 Å². The van der Waals surface area contributed by atoms with E-state index in [-0.39, 0.29) is 11.9 Å². The standard InChI is InChI=1S/C17H19ClFN/c1-4-20-17(13-8-11(2)9-14(19)10-13)15-6-5-7-16(18)12(15)3/h5-10,17,20H,4H2,1-3H3. The van der Waals surface area contributed by atoms with Crippen LogP contribution >= 0.6 is 11.6 Å². The summed E-state index contributed by atoms with van der Waals surface area (Å²) in [6, 6.07) is 10.9. The van der Waals surface area contributed by atoms with Gasteiger partial charge in [0.15, 0.2) is 0 Å². The molecule has 0 aliphatic carbocycles. The van der Waals surface area contributed by atoms with E-state index >= 15 is 0 Å². The third kappa shape index (κ3) is 3.20. The average molecular weight is 292 g/mol. The Morgan fingerprint density at radius 2 is 1.95 bits per heavy atom. The first-order chi connectivity index (χ1) is 9.52. The van der Waals surface area contributed by atoms with E-state index < -0.39 is 0 Å². The minimum atomic E-state index is -0.206. The molecule has 2 aromatic rings. The quantitative estimate of drug-likeness (QED) is 0.853. The van der Waals surface area contributed by atoms with Gasteiger partial charge in [0.1, 0.15) is 5.82 Å². The van der Waals surface area contributed by atoms with E-state index in [9.17, 15) is 4.39 Å². The average Bonchev–Trinajstić information content (AvgIpc) is 2.38. The number of hydrogen-bond acceptors (Lipinski definition) is 1. The van der Waals surface area contributed by atoms with Gasteiger partial charge in [-0.25, -0.2) is 4.39 Å². The number of nitrogens with one attached hydrogen (secondary N) is 1. The van der Waals surface area contributed by atoms with Crippen molar-refractivity contribution in [2.75, 3.05) is 6.54 Å². The molecule has 3 heteroatoms. The predicted molar refractivity (Wildman–Crippen MR) is 82.8 cm³/mol. The Morgan fingerprint density at radius 3 is 2.60 bits per heavy atom. The smallest absolute Gasteiger partial charge is 0.123 e. The topological polar surface area (TPSA) is 12.0 Å². The number of benzene rings is 2. The Hall–Kier alpha value is -1.38. The van der Waals surface area contributed by atoms with Gasteiger partial charge < -0.3 is 5.32 Å². The summed E-state index contributed by atoms with van der Waals surface area (Å²) >= 11 is 6.21. The minimum Gasteiger partial charge on any atom is -0.307 e. The van der Waals surface area contributed by atoms with E-state index in [1.807, 2.05) is 45.0 Å². The zero-order valence-electron chi connectivity index (χ0n) is 12.0. The molecule has 0 aliphatic heterocycles. The molecule has 1 unspecified atom stereocenters. The minimum absolute atomic E-state index is 0.0481. The largest absolute Gasteiger partial charge is 0.307 e. The second kappa shape index (κ2) is 6.38. The molecule has 20 heavy (non-hydrogen) atoms. The van der Waals surface area contributed by atoms with Crippen LogP contribution in [-0.2, 0) is 0 Å². The monoisotopic (exact) mass is 291 g/mol. The lowest BCUT2D eigenvalue weighted by molar-refractivity contribution is 0.600. The fourth-order valence-corrected chi connectivity index (χ4v) is 2.66. The highest BCUT2D eigenvalue weighted by Gasteiger charge is 2.17. The van der Waals surface area contributed by atoms with Gasteiger partial charge in [-0.15, -0.1) is 0 Å². The molecular formula is C17H19ClFN. The maximum atomic E-state index is 13.7. The van der Waals surface area contributed by atoms with E-state index in [0.717, 1.165) is 33.8 Å². The Bertz CT molecular complexity index is 590. The van der Waals surface area contributed by atoms with Crippen LogP contribution in [0.25, 0.3) is 0 Å². The van der Waals surface area contributed by atoms with Crippen molar-refractivity contribution in [2.45, 2.75) is 26.8 Å². The van der Waals surface area contributed by atoms with Gasteiger partial charge in [-0.1, -0.05) is 36.7 Å². The maximum Gasteiger partial charge on any atom is 0.123 e. The van der Waals surface area contributed by atoms with Crippen LogP contribution in [0.2, 0.25) is 5.02 Å². The van der Waals surface area contributed by atoms with Crippen molar-refractivity contribution in [1.82, 2.24) is 5.32 Å². The second-order valence-corrected chi connectivity index (χ2v) is 5.41. The van der Waals surface area contributed by atoms with E-state index in [1.165, 1.54) is 6.07 Å². The van der Waals surface area contributed by atoms with Crippen molar-refractivity contribution < 1.29 is 4.39 Å². The Balaban J connectivity index is 2.53. The normalized spacial score (nSPS) is 12.4. The van der Waals surface area contributed by atoms with Crippen LogP contribution in [0.4, 0.5) is 4.39 Å². The Morgan fingerprint density at radius 1 is 1.20 bits per heavy atom. The first-order valence-corrected chi connectivity index (χ1v) is 7.16. The Kier molecular flexibility index (Phi) is 4.79. The SMILES string of the molecule is CCNC(c1cc(C)cc(F)c1)c1cccc(Cl)c1C. The van der Waals surface area contributed by atoms with E-state index in [1.54, 1.807) is 6.07 Å². The first-order valence-electron chi connectivity index (χ1n) is 6.78. The van der Waals surface area contributed by atoms with Crippen LogP contribution in [0, 0.1) is 19.7 Å². The molecular weight excluding hydrogens is 273 g/mol. The zero-order valence-corrected chi connectivity index (χ0v) is 12.8. The summed E-state index contributed by atoms with van der Waals surface area (Å²) in [6.07, 6.45) is 0. The highest BCUT2D eigenvalue weighted by Crippen LogP contribution is 2.29. The summed E-state index contributed by atoms with van der Waals surface area (Å²) in [7, 11) is 0. The zero-order chi connectivity index (χ0) is 14.7. The third-order valence-corrected chi connectivity index (χ3v) is 3.84. The van der Waals surface area contributed by atoms with Gasteiger partial charge in [0, 0.05) is 5.02 Å². The molecule has 0 saturated heterocycles. The summed E-state index contributed by atoms with van der Waals surface area (Å²) in [5, 5.41) is 4.15. The summed E-state index contributed by atoms with van der Waals surface area (Å²) in [6.45, 7) is 6.74. The van der Waals surface area contributed by atoms with Crippen molar-refractivity contribution in [3.05, 3.63) is 69.5 Å². The molecule has 1 nitrogen and oxygen atoms in total. The third-order valence-electron chi connectivity index (χ3n) is 3.43. The van der Waals surface area contributed by atoms with Crippen molar-refractivity contribution in [3.8, 4) is 0 Å².